The summed E-state index contributed by atoms with van der Waals surface area (Å²) in [7, 11) is 1.56. The zero-order valence-electron chi connectivity index (χ0n) is 21.2. The topological polar surface area (TPSA) is 67.9 Å². The van der Waals surface area contributed by atoms with Crippen molar-refractivity contribution in [3.05, 3.63) is 95.8 Å². The van der Waals surface area contributed by atoms with E-state index in [-0.39, 0.29) is 25.5 Å². The first-order chi connectivity index (χ1) is 17.2. The summed E-state index contributed by atoms with van der Waals surface area (Å²) in [5.41, 5.74) is 0.684. The van der Waals surface area contributed by atoms with E-state index in [1.54, 1.807) is 49.6 Å². The smallest absolute Gasteiger partial charge is 0.261 e. The van der Waals surface area contributed by atoms with Gasteiger partial charge in [-0.2, -0.15) is 0 Å². The fourth-order valence-electron chi connectivity index (χ4n) is 3.72. The Morgan fingerprint density at radius 2 is 1.53 bits per heavy atom. The monoisotopic (exact) mass is 492 g/mol. The summed E-state index contributed by atoms with van der Waals surface area (Å²) in [5, 5.41) is 2.98. The lowest BCUT2D eigenvalue weighted by Gasteiger charge is -2.33. The number of hydrogen-bond acceptors (Lipinski definition) is 4. The van der Waals surface area contributed by atoms with Gasteiger partial charge in [0.1, 0.15) is 23.4 Å². The average molecular weight is 493 g/mol. The second kappa shape index (κ2) is 12.2. The molecule has 7 heteroatoms. The van der Waals surface area contributed by atoms with Crippen molar-refractivity contribution in [3.8, 4) is 11.5 Å². The van der Waals surface area contributed by atoms with E-state index < -0.39 is 23.3 Å². The molecule has 0 bridgehead atoms. The Hall–Kier alpha value is -3.87. The number of rotatable bonds is 10. The Bertz CT molecular complexity index is 1140. The molecule has 1 atom stereocenters. The number of ether oxygens (including phenoxy) is 2. The molecule has 0 aliphatic rings. The van der Waals surface area contributed by atoms with Crippen LogP contribution in [0.25, 0.3) is 0 Å². The quantitative estimate of drug-likeness (QED) is 0.443. The lowest BCUT2D eigenvalue weighted by Crippen LogP contribution is -2.55. The van der Waals surface area contributed by atoms with E-state index in [1.807, 2.05) is 51.1 Å². The Balaban J connectivity index is 1.92. The maximum atomic E-state index is 14.6. The third kappa shape index (κ3) is 7.83. The van der Waals surface area contributed by atoms with E-state index in [4.69, 9.17) is 9.47 Å². The van der Waals surface area contributed by atoms with Gasteiger partial charge in [0.25, 0.3) is 5.91 Å². The number of carbonyl (C=O) groups excluding carboxylic acids is 2. The molecular weight excluding hydrogens is 459 g/mol. The predicted octanol–water partition coefficient (Wildman–Crippen LogP) is 4.77. The molecule has 3 rings (SSSR count). The van der Waals surface area contributed by atoms with Crippen molar-refractivity contribution >= 4 is 11.8 Å². The van der Waals surface area contributed by atoms with Gasteiger partial charge in [-0.3, -0.25) is 9.59 Å². The summed E-state index contributed by atoms with van der Waals surface area (Å²) in [6, 6.07) is 21.7. The predicted molar refractivity (Wildman–Crippen MR) is 137 cm³/mol. The van der Waals surface area contributed by atoms with Crippen LogP contribution in [0.4, 0.5) is 4.39 Å². The minimum atomic E-state index is -0.877. The summed E-state index contributed by atoms with van der Waals surface area (Å²) >= 11 is 0. The molecule has 190 valence electrons. The van der Waals surface area contributed by atoms with E-state index in [1.165, 1.54) is 11.0 Å². The van der Waals surface area contributed by atoms with Crippen LogP contribution >= 0.6 is 0 Å². The van der Waals surface area contributed by atoms with Crippen molar-refractivity contribution in [2.24, 2.45) is 0 Å². The molecule has 0 saturated heterocycles. The minimum Gasteiger partial charge on any atom is -0.497 e. The van der Waals surface area contributed by atoms with Gasteiger partial charge < -0.3 is 19.7 Å². The van der Waals surface area contributed by atoms with Crippen LogP contribution in [0, 0.1) is 5.82 Å². The summed E-state index contributed by atoms with van der Waals surface area (Å²) in [6.07, 6.45) is 0.269. The van der Waals surface area contributed by atoms with Crippen LogP contribution < -0.4 is 14.8 Å². The Morgan fingerprint density at radius 1 is 0.917 bits per heavy atom. The first-order valence-electron chi connectivity index (χ1n) is 11.8. The lowest BCUT2D eigenvalue weighted by molar-refractivity contribution is -0.143. The number of carbonyl (C=O) groups is 2. The van der Waals surface area contributed by atoms with E-state index >= 15 is 0 Å². The maximum absolute atomic E-state index is 14.6. The second-order valence-corrected chi connectivity index (χ2v) is 9.52. The highest BCUT2D eigenvalue weighted by molar-refractivity contribution is 5.89. The molecule has 2 amide bonds. The molecule has 0 unspecified atom stereocenters. The van der Waals surface area contributed by atoms with Crippen LogP contribution in [0.1, 0.15) is 31.9 Å². The molecule has 36 heavy (non-hydrogen) atoms. The molecule has 0 aliphatic heterocycles. The highest BCUT2D eigenvalue weighted by Crippen LogP contribution is 2.20. The SMILES string of the molecule is COc1ccc(OCC(=O)N(Cc2ccccc2F)[C@@H](Cc2ccccc2)C(=O)NC(C)(C)C)cc1. The Labute approximate surface area is 212 Å². The van der Waals surface area contributed by atoms with Crippen LogP contribution in [-0.4, -0.2) is 42.0 Å². The second-order valence-electron chi connectivity index (χ2n) is 9.52. The number of halogens is 1. The molecule has 0 aromatic heterocycles. The molecule has 0 aliphatic carbocycles. The first kappa shape index (κ1) is 26.7. The zero-order chi connectivity index (χ0) is 26.1. The molecule has 0 heterocycles. The van der Waals surface area contributed by atoms with Gasteiger partial charge >= 0.3 is 0 Å². The zero-order valence-corrected chi connectivity index (χ0v) is 21.2. The highest BCUT2D eigenvalue weighted by Gasteiger charge is 2.33. The summed E-state index contributed by atoms with van der Waals surface area (Å²) in [6.45, 7) is 5.24. The number of nitrogens with one attached hydrogen (secondary N) is 1. The molecule has 3 aromatic rings. The average Bonchev–Trinajstić information content (AvgIpc) is 2.85. The number of methoxy groups -OCH3 is 1. The first-order valence-corrected chi connectivity index (χ1v) is 11.8. The third-order valence-electron chi connectivity index (χ3n) is 5.49. The molecule has 1 N–H and O–H groups in total. The van der Waals surface area contributed by atoms with Crippen molar-refractivity contribution in [2.45, 2.75) is 45.3 Å². The van der Waals surface area contributed by atoms with Crippen LogP contribution in [0.15, 0.2) is 78.9 Å². The van der Waals surface area contributed by atoms with Gasteiger partial charge in [-0.15, -0.1) is 0 Å². The fraction of sp³-hybridized carbons (Fsp3) is 0.310. The number of hydrogen-bond donors (Lipinski definition) is 1. The van der Waals surface area contributed by atoms with Gasteiger partial charge in [0.2, 0.25) is 5.91 Å². The van der Waals surface area contributed by atoms with Crippen LogP contribution in [-0.2, 0) is 22.6 Å². The van der Waals surface area contributed by atoms with E-state index in [0.29, 0.717) is 17.1 Å². The van der Waals surface area contributed by atoms with Crippen molar-refractivity contribution in [2.75, 3.05) is 13.7 Å². The van der Waals surface area contributed by atoms with Gasteiger partial charge in [-0.25, -0.2) is 4.39 Å². The Morgan fingerprint density at radius 3 is 2.14 bits per heavy atom. The lowest BCUT2D eigenvalue weighted by atomic mass is 10.0. The summed E-state index contributed by atoms with van der Waals surface area (Å²) < 4.78 is 25.5. The van der Waals surface area contributed by atoms with Gasteiger partial charge in [0.15, 0.2) is 6.61 Å². The van der Waals surface area contributed by atoms with Gasteiger partial charge in [0, 0.05) is 24.1 Å². The summed E-state index contributed by atoms with van der Waals surface area (Å²) in [5.74, 6) is -0.0500. The summed E-state index contributed by atoms with van der Waals surface area (Å²) in [4.78, 5) is 28.4. The van der Waals surface area contributed by atoms with E-state index in [2.05, 4.69) is 5.32 Å². The van der Waals surface area contributed by atoms with E-state index in [9.17, 15) is 14.0 Å². The van der Waals surface area contributed by atoms with E-state index in [0.717, 1.165) is 5.56 Å². The fourth-order valence-corrected chi connectivity index (χ4v) is 3.72. The third-order valence-corrected chi connectivity index (χ3v) is 5.49. The van der Waals surface area contributed by atoms with Crippen molar-refractivity contribution in [3.63, 3.8) is 0 Å². The van der Waals surface area contributed by atoms with Crippen LogP contribution in [0.3, 0.4) is 0 Å². The largest absolute Gasteiger partial charge is 0.497 e. The molecular formula is C29H33FN2O4. The molecule has 0 saturated carbocycles. The molecule has 0 fully saturated rings. The van der Waals surface area contributed by atoms with Gasteiger partial charge in [-0.05, 0) is 56.7 Å². The minimum absolute atomic E-state index is 0.0768. The highest BCUT2D eigenvalue weighted by atomic mass is 19.1. The van der Waals surface area contributed by atoms with Gasteiger partial charge in [0.05, 0.1) is 7.11 Å². The standard InChI is InChI=1S/C29H33FN2O4/c1-29(2,3)31-28(34)26(18-21-10-6-5-7-11-21)32(19-22-12-8-9-13-25(22)30)27(33)20-36-24-16-14-23(35-4)15-17-24/h5-17,26H,18-20H2,1-4H3,(H,31,34)/t26-/m0/s1. The molecule has 0 radical (unpaired) electrons. The van der Waals surface area contributed by atoms with Crippen LogP contribution in [0.2, 0.25) is 0 Å². The number of benzene rings is 3. The molecule has 6 nitrogen and oxygen atoms in total. The normalized spacial score (nSPS) is 11.9. The maximum Gasteiger partial charge on any atom is 0.261 e. The van der Waals surface area contributed by atoms with Gasteiger partial charge in [-0.1, -0.05) is 48.5 Å². The van der Waals surface area contributed by atoms with Crippen molar-refractivity contribution in [1.29, 1.82) is 0 Å². The number of amides is 2. The number of nitrogens with zero attached hydrogens (tertiary/aromatic N) is 1. The molecule has 0 spiro atoms. The van der Waals surface area contributed by atoms with Crippen molar-refractivity contribution < 1.29 is 23.5 Å². The van der Waals surface area contributed by atoms with Crippen molar-refractivity contribution in [1.82, 2.24) is 10.2 Å². The van der Waals surface area contributed by atoms with Crippen LogP contribution in [0.5, 0.6) is 11.5 Å². The Kier molecular flexibility index (Phi) is 9.06. The molecule has 3 aromatic carbocycles.